The minimum atomic E-state index is -3.51. The van der Waals surface area contributed by atoms with Crippen molar-refractivity contribution >= 4 is 5.93 Å². The predicted octanol–water partition coefficient (Wildman–Crippen LogP) is -1.47. The Morgan fingerprint density at radius 3 is 1.44 bits per heavy atom. The van der Waals surface area contributed by atoms with E-state index in [9.17, 15) is 4.57 Å². The molecule has 0 aromatic heterocycles. The van der Waals surface area contributed by atoms with Crippen LogP contribution in [-0.4, -0.2) is 22.9 Å². The third-order valence-corrected chi connectivity index (χ3v) is 0.167. The Morgan fingerprint density at radius 2 is 1.44 bits per heavy atom. The van der Waals surface area contributed by atoms with Crippen molar-refractivity contribution in [1.82, 2.24) is 0 Å². The standard InChI is InChI=1S/C2H8N2.HO3P.Zn/c3-1-2-4;1-4(2)3;/h1-4H2;(H-,1,2,3);/q;;-1/p+1. The van der Waals surface area contributed by atoms with Crippen molar-refractivity contribution in [3.8, 4) is 0 Å². The van der Waals surface area contributed by atoms with Crippen molar-refractivity contribution in [3.05, 3.63) is 0 Å². The van der Waals surface area contributed by atoms with Gasteiger partial charge in [0.2, 0.25) is 0 Å². The molecule has 0 unspecified atom stereocenters. The molecule has 9 heavy (non-hydrogen) atoms. The summed E-state index contributed by atoms with van der Waals surface area (Å²) < 4.78 is 9.38. The predicted molar refractivity (Wildman–Crippen MR) is 30.2 cm³/mol. The summed E-state index contributed by atoms with van der Waals surface area (Å²) in [6.07, 6.45) is 0. The van der Waals surface area contributed by atoms with Crippen LogP contribution in [-0.2, 0) is 22.4 Å². The van der Waals surface area contributed by atoms with E-state index in [0.29, 0.717) is 13.1 Å². The zero-order valence-electron chi connectivity index (χ0n) is 5.03. The minimum absolute atomic E-state index is 0.0625. The van der Waals surface area contributed by atoms with E-state index in [1.807, 2.05) is 0 Å². The quantitative estimate of drug-likeness (QED) is 0.309. The Hall–Kier alpha value is 0.693. The van der Waals surface area contributed by atoms with Gasteiger partial charge in [0.05, 0.1) is 0 Å². The Morgan fingerprint density at radius 1 is 1.33 bits per heavy atom. The van der Waals surface area contributed by atoms with Crippen LogP contribution < -0.4 is 11.5 Å². The summed E-state index contributed by atoms with van der Waals surface area (Å²) in [5.74, 6) is -3.51. The van der Waals surface area contributed by atoms with E-state index in [4.69, 9.17) is 21.3 Å². The Balaban J connectivity index is 0. The first-order valence-electron chi connectivity index (χ1n) is 2.22. The second-order valence-electron chi connectivity index (χ2n) is 1.24. The van der Waals surface area contributed by atoms with Crippen molar-refractivity contribution in [1.29, 1.82) is 0 Å². The molecule has 0 saturated heterocycles. The van der Waals surface area contributed by atoms with Crippen molar-refractivity contribution in [2.24, 2.45) is 11.5 Å². The molecular formula is C2H10N2O3PZn. The summed E-state index contributed by atoms with van der Waals surface area (Å²) in [4.78, 5) is 15.4. The van der Waals surface area contributed by atoms with Gasteiger partial charge in [-0.3, -0.25) is 0 Å². The maximum absolute atomic E-state index is 9.38. The van der Waals surface area contributed by atoms with E-state index >= 15 is 0 Å². The summed E-state index contributed by atoms with van der Waals surface area (Å²) in [6, 6.07) is 0. The summed E-state index contributed by atoms with van der Waals surface area (Å²) in [6.45, 7) is 1.19. The van der Waals surface area contributed by atoms with E-state index in [-0.39, 0.29) is 17.8 Å². The van der Waals surface area contributed by atoms with E-state index in [2.05, 4.69) is 0 Å². The van der Waals surface area contributed by atoms with E-state index < -0.39 is 5.93 Å². The second kappa shape index (κ2) is 6.81. The van der Waals surface area contributed by atoms with Gasteiger partial charge in [-0.1, -0.05) is 0 Å². The van der Waals surface area contributed by atoms with Gasteiger partial charge in [-0.05, 0) is 0 Å². The van der Waals surface area contributed by atoms with Gasteiger partial charge in [0, 0.05) is 13.1 Å². The molecule has 0 fully saturated rings. The fourth-order valence-corrected chi connectivity index (χ4v) is 0. The Labute approximate surface area is 63.2 Å². The van der Waals surface area contributed by atoms with Crippen LogP contribution in [0.4, 0.5) is 0 Å². The molecule has 0 bridgehead atoms. The molecule has 0 aliphatic carbocycles. The van der Waals surface area contributed by atoms with Crippen LogP contribution in [0.1, 0.15) is 0 Å². The topological polar surface area (TPSA) is 110 Å². The first-order valence-corrected chi connectivity index (χ1v) is 7.99. The third kappa shape index (κ3) is 136. The molecule has 0 saturated carbocycles. The van der Waals surface area contributed by atoms with Crippen LogP contribution in [0, 0.1) is 0 Å². The van der Waals surface area contributed by atoms with E-state index in [0.717, 1.165) is 0 Å². The molecule has 6 N–H and O–H groups in total. The normalized spacial score (nSPS) is 10.0. The Bertz CT molecular complexity index is 83.5. The molecule has 0 rings (SSSR count). The molecule has 53 valence electrons. The first kappa shape index (κ1) is 12.4. The summed E-state index contributed by atoms with van der Waals surface area (Å²) in [7, 11) is 0. The molecule has 0 radical (unpaired) electrons. The van der Waals surface area contributed by atoms with E-state index in [1.54, 1.807) is 0 Å². The van der Waals surface area contributed by atoms with Crippen LogP contribution in [0.15, 0.2) is 0 Å². The van der Waals surface area contributed by atoms with Gasteiger partial charge in [0.1, 0.15) is 0 Å². The summed E-state index contributed by atoms with van der Waals surface area (Å²) in [5.41, 5.74) is 9.81. The van der Waals surface area contributed by atoms with Gasteiger partial charge in [0.25, 0.3) is 0 Å². The van der Waals surface area contributed by atoms with Crippen LogP contribution in [0.25, 0.3) is 0 Å². The van der Waals surface area contributed by atoms with Gasteiger partial charge < -0.3 is 11.5 Å². The summed E-state index contributed by atoms with van der Waals surface area (Å²) >= 11 is 0.0625. The Kier molecular flexibility index (Phi) is 9.36. The zero-order chi connectivity index (χ0) is 7.91. The molecule has 0 aliphatic heterocycles. The van der Waals surface area contributed by atoms with Gasteiger partial charge >= 0.3 is 38.1 Å². The van der Waals surface area contributed by atoms with Gasteiger partial charge in [-0.2, -0.15) is 0 Å². The number of nitrogens with two attached hydrogens (primary N) is 2. The fraction of sp³-hybridized carbons (Fsp3) is 1.00. The van der Waals surface area contributed by atoms with Gasteiger partial charge in [0.15, 0.2) is 0 Å². The van der Waals surface area contributed by atoms with Crippen LogP contribution >= 0.6 is 5.93 Å². The molecule has 0 aromatic carbocycles. The molecule has 0 aliphatic rings. The van der Waals surface area contributed by atoms with Crippen LogP contribution in [0.2, 0.25) is 0 Å². The molecule has 0 spiro atoms. The fourth-order valence-electron chi connectivity index (χ4n) is 0. The van der Waals surface area contributed by atoms with Crippen LogP contribution in [0.3, 0.4) is 0 Å². The molecule has 7 heteroatoms. The van der Waals surface area contributed by atoms with Gasteiger partial charge in [-0.25, -0.2) is 0 Å². The number of hydrogen-bond acceptors (Lipinski definition) is 3. The average molecular weight is 206 g/mol. The van der Waals surface area contributed by atoms with Crippen molar-refractivity contribution in [2.75, 3.05) is 13.1 Å². The zero-order valence-corrected chi connectivity index (χ0v) is 8.89. The van der Waals surface area contributed by atoms with Crippen LogP contribution in [0.5, 0.6) is 0 Å². The molecule has 0 amide bonds. The molecule has 0 aromatic rings. The molecule has 0 heterocycles. The molecule has 0 atom stereocenters. The van der Waals surface area contributed by atoms with Gasteiger partial charge in [-0.15, -0.1) is 0 Å². The second-order valence-corrected chi connectivity index (χ2v) is 7.76. The average Bonchev–Trinajstić information content (AvgIpc) is 1.61. The van der Waals surface area contributed by atoms with Crippen molar-refractivity contribution in [3.63, 3.8) is 0 Å². The molecule has 5 nitrogen and oxygen atoms in total. The van der Waals surface area contributed by atoms with Crippen molar-refractivity contribution < 1.29 is 32.2 Å². The summed E-state index contributed by atoms with van der Waals surface area (Å²) in [5, 5.41) is 0. The number of hydrogen-bond donors (Lipinski definition) is 4. The monoisotopic (exact) mass is 205 g/mol. The SMILES string of the molecule is NCCN.O=[P](O)(O)[Zn]. The first-order chi connectivity index (χ1) is 3.91. The third-order valence-electron chi connectivity index (χ3n) is 0.167. The molecular weight excluding hydrogens is 196 g/mol. The van der Waals surface area contributed by atoms with E-state index in [1.165, 1.54) is 0 Å². The maximum atomic E-state index is 9.38. The van der Waals surface area contributed by atoms with Crippen molar-refractivity contribution in [2.45, 2.75) is 0 Å². The number of rotatable bonds is 1.